The van der Waals surface area contributed by atoms with E-state index in [1.54, 1.807) is 7.11 Å². The van der Waals surface area contributed by atoms with Gasteiger partial charge >= 0.3 is 0 Å². The van der Waals surface area contributed by atoms with E-state index in [0.717, 1.165) is 13.0 Å². The maximum atomic E-state index is 5.45. The molecule has 0 aromatic heterocycles. The molecule has 1 saturated carbocycles. The maximum Gasteiger partial charge on any atom is 0.0618 e. The van der Waals surface area contributed by atoms with Crippen molar-refractivity contribution in [3.8, 4) is 0 Å². The minimum absolute atomic E-state index is 0.446. The summed E-state index contributed by atoms with van der Waals surface area (Å²) in [7, 11) is 3.60. The van der Waals surface area contributed by atoms with Crippen molar-refractivity contribution in [3.63, 3.8) is 0 Å². The van der Waals surface area contributed by atoms with Crippen molar-refractivity contribution < 1.29 is 9.47 Å². The third-order valence-corrected chi connectivity index (χ3v) is 3.56. The van der Waals surface area contributed by atoms with Gasteiger partial charge < -0.3 is 14.8 Å². The molecular formula is C13H27NO2. The molecule has 16 heavy (non-hydrogen) atoms. The van der Waals surface area contributed by atoms with Gasteiger partial charge in [0, 0.05) is 26.3 Å². The normalized spacial score (nSPS) is 28.3. The van der Waals surface area contributed by atoms with Gasteiger partial charge in [0.15, 0.2) is 0 Å². The van der Waals surface area contributed by atoms with Crippen LogP contribution in [0.1, 0.15) is 39.5 Å². The van der Waals surface area contributed by atoms with Gasteiger partial charge in [0.05, 0.1) is 12.7 Å². The molecule has 96 valence electrons. The van der Waals surface area contributed by atoms with Crippen LogP contribution in [0.3, 0.4) is 0 Å². The maximum absolute atomic E-state index is 5.45. The average Bonchev–Trinajstić information content (AvgIpc) is 2.28. The molecule has 0 saturated heterocycles. The van der Waals surface area contributed by atoms with E-state index >= 15 is 0 Å². The summed E-state index contributed by atoms with van der Waals surface area (Å²) in [6.07, 6.45) is 5.34. The van der Waals surface area contributed by atoms with E-state index in [1.807, 2.05) is 7.11 Å². The van der Waals surface area contributed by atoms with Crippen LogP contribution in [0.4, 0.5) is 0 Å². The summed E-state index contributed by atoms with van der Waals surface area (Å²) in [6.45, 7) is 5.28. The molecular weight excluding hydrogens is 202 g/mol. The Morgan fingerprint density at radius 2 is 2.00 bits per heavy atom. The lowest BCUT2D eigenvalue weighted by molar-refractivity contribution is 0.0509. The van der Waals surface area contributed by atoms with Crippen LogP contribution in [0.15, 0.2) is 0 Å². The summed E-state index contributed by atoms with van der Waals surface area (Å²) in [5.74, 6) is 0.614. The first-order valence-electron chi connectivity index (χ1n) is 6.45. The lowest BCUT2D eigenvalue weighted by atomic mass is 9.91. The van der Waals surface area contributed by atoms with Gasteiger partial charge in [-0.05, 0) is 31.6 Å². The van der Waals surface area contributed by atoms with Crippen molar-refractivity contribution in [2.45, 2.75) is 57.7 Å². The molecule has 1 fully saturated rings. The second kappa shape index (κ2) is 7.25. The second-order valence-electron chi connectivity index (χ2n) is 5.19. The molecule has 1 N–H and O–H groups in total. The summed E-state index contributed by atoms with van der Waals surface area (Å²) < 4.78 is 10.7. The lowest BCUT2D eigenvalue weighted by Gasteiger charge is -2.33. The van der Waals surface area contributed by atoms with Crippen molar-refractivity contribution in [1.29, 1.82) is 0 Å². The molecule has 0 bridgehead atoms. The van der Waals surface area contributed by atoms with Gasteiger partial charge in [-0.25, -0.2) is 0 Å². The Bertz CT molecular complexity index is 185. The van der Waals surface area contributed by atoms with Gasteiger partial charge in [-0.3, -0.25) is 0 Å². The van der Waals surface area contributed by atoms with E-state index in [9.17, 15) is 0 Å². The SMILES string of the molecule is COCC(NC1CCCC(OC)C1)C(C)C. The minimum atomic E-state index is 0.446. The van der Waals surface area contributed by atoms with Crippen molar-refractivity contribution in [2.24, 2.45) is 5.92 Å². The van der Waals surface area contributed by atoms with E-state index in [-0.39, 0.29) is 0 Å². The van der Waals surface area contributed by atoms with E-state index in [4.69, 9.17) is 9.47 Å². The topological polar surface area (TPSA) is 30.5 Å². The zero-order valence-corrected chi connectivity index (χ0v) is 11.2. The van der Waals surface area contributed by atoms with Crippen LogP contribution in [-0.2, 0) is 9.47 Å². The molecule has 3 heteroatoms. The van der Waals surface area contributed by atoms with Crippen molar-refractivity contribution in [1.82, 2.24) is 5.32 Å². The van der Waals surface area contributed by atoms with Crippen LogP contribution in [-0.4, -0.2) is 39.0 Å². The van der Waals surface area contributed by atoms with Crippen LogP contribution < -0.4 is 5.32 Å². The predicted octanol–water partition coefficient (Wildman–Crippen LogP) is 2.20. The van der Waals surface area contributed by atoms with Crippen molar-refractivity contribution in [2.75, 3.05) is 20.8 Å². The lowest BCUT2D eigenvalue weighted by Crippen LogP contribution is -2.46. The molecule has 3 atom stereocenters. The summed E-state index contributed by atoms with van der Waals surface area (Å²) >= 11 is 0. The summed E-state index contributed by atoms with van der Waals surface area (Å²) in [6, 6.07) is 1.06. The Balaban J connectivity index is 2.38. The highest BCUT2D eigenvalue weighted by Gasteiger charge is 2.24. The number of rotatable bonds is 6. The number of methoxy groups -OCH3 is 2. The largest absolute Gasteiger partial charge is 0.383 e. The summed E-state index contributed by atoms with van der Waals surface area (Å²) in [5.41, 5.74) is 0. The second-order valence-corrected chi connectivity index (χ2v) is 5.19. The Morgan fingerprint density at radius 3 is 2.56 bits per heavy atom. The number of nitrogens with one attached hydrogen (secondary N) is 1. The van der Waals surface area contributed by atoms with Gasteiger partial charge in [0.25, 0.3) is 0 Å². The fraction of sp³-hybridized carbons (Fsp3) is 1.00. The molecule has 0 aliphatic heterocycles. The molecule has 0 heterocycles. The first-order valence-corrected chi connectivity index (χ1v) is 6.45. The molecule has 1 rings (SSSR count). The fourth-order valence-corrected chi connectivity index (χ4v) is 2.43. The van der Waals surface area contributed by atoms with E-state index in [1.165, 1.54) is 19.3 Å². The van der Waals surface area contributed by atoms with Crippen LogP contribution >= 0.6 is 0 Å². The molecule has 0 spiro atoms. The Kier molecular flexibility index (Phi) is 6.32. The van der Waals surface area contributed by atoms with E-state index < -0.39 is 0 Å². The van der Waals surface area contributed by atoms with Gasteiger partial charge in [0.2, 0.25) is 0 Å². The van der Waals surface area contributed by atoms with E-state index in [0.29, 0.717) is 24.1 Å². The molecule has 0 amide bonds. The Hall–Kier alpha value is -0.120. The summed E-state index contributed by atoms with van der Waals surface area (Å²) in [5, 5.41) is 3.72. The highest BCUT2D eigenvalue weighted by Crippen LogP contribution is 2.21. The third kappa shape index (κ3) is 4.40. The van der Waals surface area contributed by atoms with Crippen molar-refractivity contribution in [3.05, 3.63) is 0 Å². The third-order valence-electron chi connectivity index (χ3n) is 3.56. The minimum Gasteiger partial charge on any atom is -0.383 e. The van der Waals surface area contributed by atoms with Crippen LogP contribution in [0.25, 0.3) is 0 Å². The number of hydrogen-bond acceptors (Lipinski definition) is 3. The zero-order valence-electron chi connectivity index (χ0n) is 11.2. The molecule has 1 aliphatic rings. The molecule has 0 radical (unpaired) electrons. The van der Waals surface area contributed by atoms with Gasteiger partial charge in [-0.15, -0.1) is 0 Å². The first-order chi connectivity index (χ1) is 7.67. The average molecular weight is 229 g/mol. The summed E-state index contributed by atoms with van der Waals surface area (Å²) in [4.78, 5) is 0. The molecule has 3 unspecified atom stereocenters. The highest BCUT2D eigenvalue weighted by molar-refractivity contribution is 4.82. The van der Waals surface area contributed by atoms with E-state index in [2.05, 4.69) is 19.2 Å². The van der Waals surface area contributed by atoms with Crippen LogP contribution in [0.2, 0.25) is 0 Å². The first kappa shape index (κ1) is 13.9. The quantitative estimate of drug-likeness (QED) is 0.757. The zero-order chi connectivity index (χ0) is 12.0. The fourth-order valence-electron chi connectivity index (χ4n) is 2.43. The van der Waals surface area contributed by atoms with Gasteiger partial charge in [-0.1, -0.05) is 13.8 Å². The molecule has 3 nitrogen and oxygen atoms in total. The monoisotopic (exact) mass is 229 g/mol. The molecule has 1 aliphatic carbocycles. The smallest absolute Gasteiger partial charge is 0.0618 e. The van der Waals surface area contributed by atoms with Crippen LogP contribution in [0, 0.1) is 5.92 Å². The Morgan fingerprint density at radius 1 is 1.25 bits per heavy atom. The highest BCUT2D eigenvalue weighted by atomic mass is 16.5. The Labute approximate surface area is 99.9 Å². The van der Waals surface area contributed by atoms with Gasteiger partial charge in [0.1, 0.15) is 0 Å². The molecule has 0 aromatic carbocycles. The number of hydrogen-bond donors (Lipinski definition) is 1. The van der Waals surface area contributed by atoms with Crippen molar-refractivity contribution >= 4 is 0 Å². The predicted molar refractivity (Wildman–Crippen MR) is 66.7 cm³/mol. The standard InChI is InChI=1S/C13H27NO2/c1-10(2)13(9-15-3)14-11-6-5-7-12(8-11)16-4/h10-14H,5-9H2,1-4H3. The molecule has 0 aromatic rings. The van der Waals surface area contributed by atoms with Crippen LogP contribution in [0.5, 0.6) is 0 Å². The number of ether oxygens (including phenoxy) is 2. The van der Waals surface area contributed by atoms with Gasteiger partial charge in [-0.2, -0.15) is 0 Å².